The molecule has 0 aliphatic heterocycles. The molecule has 0 bridgehead atoms. The van der Waals surface area contributed by atoms with Gasteiger partial charge in [-0.2, -0.15) is 41.5 Å². The van der Waals surface area contributed by atoms with Gasteiger partial charge in [0, 0.05) is 0 Å². The summed E-state index contributed by atoms with van der Waals surface area (Å²) in [5.74, 6) is 0.573. The van der Waals surface area contributed by atoms with Crippen LogP contribution in [-0.2, 0) is 30.7 Å². The molecule has 1 atom stereocenters. The molecule has 3 heteroatoms. The van der Waals surface area contributed by atoms with Crippen LogP contribution in [0.25, 0.3) is 11.1 Å². The Bertz CT molecular complexity index is 1090. The summed E-state index contributed by atoms with van der Waals surface area (Å²) in [5.41, 5.74) is 8.62. The number of allylic oxidation sites excluding steroid dienone is 4. The van der Waals surface area contributed by atoms with Crippen molar-refractivity contribution >= 4 is 3.21 Å². The van der Waals surface area contributed by atoms with Crippen LogP contribution in [0.1, 0.15) is 57.7 Å². The van der Waals surface area contributed by atoms with Crippen molar-refractivity contribution in [2.45, 2.75) is 47.5 Å². The molecule has 0 fully saturated rings. The Kier molecular flexibility index (Phi) is 13.4. The summed E-state index contributed by atoms with van der Waals surface area (Å²) >= 11 is 1.51. The van der Waals surface area contributed by atoms with Gasteiger partial charge in [-0.25, -0.2) is 6.08 Å². The molecular formula is C32H34Cl2Zr-2. The summed E-state index contributed by atoms with van der Waals surface area (Å²) < 4.78 is 1.46. The fourth-order valence-corrected chi connectivity index (χ4v) is 4.31. The van der Waals surface area contributed by atoms with Crippen molar-refractivity contribution < 1.29 is 49.0 Å². The normalized spacial score (nSPS) is 14.5. The van der Waals surface area contributed by atoms with Crippen LogP contribution in [0, 0.1) is 23.5 Å². The van der Waals surface area contributed by atoms with Gasteiger partial charge in [-0.1, -0.05) is 80.8 Å². The number of hydrogen-bond acceptors (Lipinski definition) is 0. The molecule has 0 N–H and O–H groups in total. The van der Waals surface area contributed by atoms with E-state index in [4.69, 9.17) is 0 Å². The molecule has 2 aliphatic rings. The van der Waals surface area contributed by atoms with Crippen LogP contribution in [-0.4, -0.2) is 3.21 Å². The van der Waals surface area contributed by atoms with Gasteiger partial charge in [0.1, 0.15) is 0 Å². The predicted octanol–water partition coefficient (Wildman–Crippen LogP) is 2.20. The Balaban J connectivity index is 0.000000260. The SMILES string of the molecule is CCC1[C-]=CC(C(C)(C)C)=C1.C[C](=[Zr+2])c1ccccc1.[Cl-].[Cl-].[c-]1cccc2c1Cc1ccccc1-2. The van der Waals surface area contributed by atoms with Crippen molar-refractivity contribution in [2.75, 3.05) is 0 Å². The first-order valence-electron chi connectivity index (χ1n) is 11.8. The van der Waals surface area contributed by atoms with Crippen LogP contribution < -0.4 is 24.8 Å². The van der Waals surface area contributed by atoms with E-state index in [1.165, 1.54) is 67.3 Å². The van der Waals surface area contributed by atoms with Gasteiger partial charge < -0.3 is 24.8 Å². The molecule has 0 aromatic heterocycles. The summed E-state index contributed by atoms with van der Waals surface area (Å²) in [6.07, 6.45) is 10.1. The van der Waals surface area contributed by atoms with Crippen molar-refractivity contribution in [3.8, 4) is 11.1 Å². The van der Waals surface area contributed by atoms with Crippen LogP contribution in [0.2, 0.25) is 0 Å². The first-order valence-corrected chi connectivity index (χ1v) is 13.0. The van der Waals surface area contributed by atoms with E-state index in [-0.39, 0.29) is 24.8 Å². The van der Waals surface area contributed by atoms with Gasteiger partial charge in [0.25, 0.3) is 0 Å². The minimum Gasteiger partial charge on any atom is -1.00 e. The third-order valence-corrected chi connectivity index (χ3v) is 6.67. The number of benzene rings is 3. The molecule has 0 spiro atoms. The van der Waals surface area contributed by atoms with Crippen molar-refractivity contribution in [1.29, 1.82) is 0 Å². The third-order valence-electron chi connectivity index (χ3n) is 5.96. The molecule has 0 heterocycles. The maximum Gasteiger partial charge on any atom is -0.0253 e. The minimum absolute atomic E-state index is 0. The summed E-state index contributed by atoms with van der Waals surface area (Å²) in [6.45, 7) is 11.1. The summed E-state index contributed by atoms with van der Waals surface area (Å²) in [6, 6.07) is 28.6. The second kappa shape index (κ2) is 14.9. The average molecular weight is 581 g/mol. The van der Waals surface area contributed by atoms with Crippen LogP contribution in [0.4, 0.5) is 0 Å². The van der Waals surface area contributed by atoms with Crippen LogP contribution in [0.15, 0.2) is 90.5 Å². The van der Waals surface area contributed by atoms with E-state index in [1.54, 1.807) is 0 Å². The van der Waals surface area contributed by atoms with Crippen LogP contribution >= 0.6 is 0 Å². The number of hydrogen-bond donors (Lipinski definition) is 0. The van der Waals surface area contributed by atoms with E-state index in [9.17, 15) is 0 Å². The fourth-order valence-electron chi connectivity index (χ4n) is 3.90. The molecule has 35 heavy (non-hydrogen) atoms. The maximum atomic E-state index is 3.35. The zero-order chi connectivity index (χ0) is 23.8. The Labute approximate surface area is 240 Å². The smallest absolute Gasteiger partial charge is 0.0253 e. The number of halogens is 2. The standard InChI is InChI=1S/C13H9.C11H17.C8H8.2ClH.Zr/c1-3-7-12-10(5-1)9-11-6-2-4-8-13(11)12;1-5-9-6-7-10(8-9)11(2,3)4;1-2-8-6-4-3-5-7-8;;;/h1-5,7-8H,9H2;7-9H,5H2,1-4H3;3-7H,1H3;2*1H;/q2*-1;;;;+2/p-2. The molecule has 0 radical (unpaired) electrons. The summed E-state index contributed by atoms with van der Waals surface area (Å²) in [4.78, 5) is 0. The van der Waals surface area contributed by atoms with Crippen molar-refractivity contribution in [1.82, 2.24) is 0 Å². The van der Waals surface area contributed by atoms with Gasteiger partial charge >= 0.3 is 70.3 Å². The largest absolute Gasteiger partial charge is 1.00 e. The Morgan fingerprint density at radius 1 is 0.914 bits per heavy atom. The number of fused-ring (bicyclic) bond motifs is 3. The molecule has 0 saturated carbocycles. The van der Waals surface area contributed by atoms with Crippen LogP contribution in [0.5, 0.6) is 0 Å². The van der Waals surface area contributed by atoms with E-state index >= 15 is 0 Å². The van der Waals surface area contributed by atoms with Crippen molar-refractivity contribution in [3.05, 3.63) is 119 Å². The molecule has 3 aromatic carbocycles. The predicted molar refractivity (Wildman–Crippen MR) is 139 cm³/mol. The molecule has 0 nitrogen and oxygen atoms in total. The Morgan fingerprint density at radius 2 is 1.54 bits per heavy atom. The van der Waals surface area contributed by atoms with Gasteiger partial charge in [0.2, 0.25) is 0 Å². The summed E-state index contributed by atoms with van der Waals surface area (Å²) in [7, 11) is 0. The van der Waals surface area contributed by atoms with E-state index in [0.717, 1.165) is 6.42 Å². The molecular weight excluding hydrogens is 546 g/mol. The van der Waals surface area contributed by atoms with E-state index in [0.29, 0.717) is 11.3 Å². The molecule has 0 amide bonds. The Hall–Kier alpha value is -1.53. The second-order valence-electron chi connectivity index (χ2n) is 9.59. The fraction of sp³-hybridized carbons (Fsp3) is 0.281. The van der Waals surface area contributed by atoms with Crippen LogP contribution in [0.3, 0.4) is 0 Å². The van der Waals surface area contributed by atoms with Gasteiger partial charge in [-0.3, -0.25) is 6.08 Å². The minimum atomic E-state index is 0. The number of rotatable bonds is 2. The van der Waals surface area contributed by atoms with E-state index in [1.807, 2.05) is 12.1 Å². The van der Waals surface area contributed by atoms with Gasteiger partial charge in [0.15, 0.2) is 0 Å². The van der Waals surface area contributed by atoms with Gasteiger partial charge in [0.05, 0.1) is 0 Å². The Morgan fingerprint density at radius 3 is 2.09 bits per heavy atom. The van der Waals surface area contributed by atoms with Crippen molar-refractivity contribution in [3.63, 3.8) is 0 Å². The molecule has 5 rings (SSSR count). The maximum absolute atomic E-state index is 3.35. The van der Waals surface area contributed by atoms with Crippen molar-refractivity contribution in [2.24, 2.45) is 11.3 Å². The van der Waals surface area contributed by atoms with Gasteiger partial charge in [-0.15, -0.1) is 5.56 Å². The van der Waals surface area contributed by atoms with Gasteiger partial charge in [-0.05, 0) is 6.42 Å². The van der Waals surface area contributed by atoms with E-state index < -0.39 is 0 Å². The summed E-state index contributed by atoms with van der Waals surface area (Å²) in [5, 5.41) is 0. The first-order chi connectivity index (χ1) is 15.8. The quantitative estimate of drug-likeness (QED) is 0.319. The second-order valence-corrected chi connectivity index (χ2v) is 11.4. The molecule has 2 aliphatic carbocycles. The van der Waals surface area contributed by atoms with E-state index in [2.05, 4.69) is 120 Å². The molecule has 182 valence electrons. The monoisotopic (exact) mass is 578 g/mol. The zero-order valence-electron chi connectivity index (χ0n) is 21.3. The molecule has 0 saturated heterocycles. The average Bonchev–Trinajstić information content (AvgIpc) is 3.45. The first kappa shape index (κ1) is 31.5. The third kappa shape index (κ3) is 9.13. The molecule has 1 unspecified atom stereocenters. The zero-order valence-corrected chi connectivity index (χ0v) is 25.3. The molecule has 3 aromatic rings. The topological polar surface area (TPSA) is 0 Å².